The largest absolute Gasteiger partial charge is 0.481 e. The molecule has 0 aliphatic rings. The molecule has 1 aromatic heterocycles. The van der Waals surface area contributed by atoms with Crippen molar-refractivity contribution >= 4 is 11.9 Å². The first kappa shape index (κ1) is 15.2. The number of hydrogen-bond donors (Lipinski definition) is 1. The van der Waals surface area contributed by atoms with E-state index in [2.05, 4.69) is 0 Å². The molecule has 0 unspecified atom stereocenters. The van der Waals surface area contributed by atoms with Crippen LogP contribution in [0.25, 0.3) is 0 Å². The lowest BCUT2D eigenvalue weighted by atomic mass is 10.3. The van der Waals surface area contributed by atoms with Crippen molar-refractivity contribution < 1.29 is 23.8 Å². The Hall–Kier alpha value is -1.82. The molecule has 0 saturated carbocycles. The second kappa shape index (κ2) is 8.31. The molecule has 0 aliphatic heterocycles. The molecule has 1 aromatic rings. The van der Waals surface area contributed by atoms with Crippen molar-refractivity contribution in [3.05, 3.63) is 24.2 Å². The van der Waals surface area contributed by atoms with Gasteiger partial charge < -0.3 is 19.2 Å². The molecule has 0 aromatic carbocycles. The van der Waals surface area contributed by atoms with E-state index in [0.29, 0.717) is 26.2 Å². The van der Waals surface area contributed by atoms with E-state index in [1.165, 1.54) is 11.2 Å². The molecule has 106 valence electrons. The summed E-state index contributed by atoms with van der Waals surface area (Å²) < 4.78 is 10.2. The molecule has 1 heterocycles. The van der Waals surface area contributed by atoms with Crippen molar-refractivity contribution in [2.24, 2.45) is 0 Å². The topological polar surface area (TPSA) is 80.0 Å². The Labute approximate surface area is 112 Å². The van der Waals surface area contributed by atoms with Crippen LogP contribution >= 0.6 is 0 Å². The third kappa shape index (κ3) is 5.56. The van der Waals surface area contributed by atoms with Crippen LogP contribution in [-0.2, 0) is 9.53 Å². The zero-order valence-corrected chi connectivity index (χ0v) is 11.0. The van der Waals surface area contributed by atoms with Gasteiger partial charge in [0.1, 0.15) is 0 Å². The normalized spacial score (nSPS) is 10.4. The summed E-state index contributed by atoms with van der Waals surface area (Å²) in [4.78, 5) is 24.2. The van der Waals surface area contributed by atoms with E-state index in [4.69, 9.17) is 14.3 Å². The minimum absolute atomic E-state index is 0.0823. The van der Waals surface area contributed by atoms with Crippen molar-refractivity contribution in [2.75, 3.05) is 26.3 Å². The standard InChI is InChI=1S/C13H19NO5/c1-2-18-9-4-7-14(8-6-12(15)16)13(17)11-5-3-10-19-11/h3,5,10H,2,4,6-9H2,1H3,(H,15,16). The number of ether oxygens (including phenoxy) is 1. The predicted octanol–water partition coefficient (Wildman–Crippen LogP) is 1.62. The van der Waals surface area contributed by atoms with Crippen LogP contribution < -0.4 is 0 Å². The first-order chi connectivity index (χ1) is 9.15. The molecule has 0 saturated heterocycles. The highest BCUT2D eigenvalue weighted by Crippen LogP contribution is 2.07. The highest BCUT2D eigenvalue weighted by molar-refractivity contribution is 5.91. The van der Waals surface area contributed by atoms with E-state index in [0.717, 1.165) is 0 Å². The number of carbonyl (C=O) groups is 2. The molecular weight excluding hydrogens is 250 g/mol. The van der Waals surface area contributed by atoms with E-state index in [9.17, 15) is 9.59 Å². The van der Waals surface area contributed by atoms with Gasteiger partial charge in [-0.05, 0) is 25.5 Å². The summed E-state index contributed by atoms with van der Waals surface area (Å²) in [5, 5.41) is 8.70. The number of hydrogen-bond acceptors (Lipinski definition) is 4. The number of furan rings is 1. The minimum Gasteiger partial charge on any atom is -0.481 e. The molecule has 1 amide bonds. The first-order valence-electron chi connectivity index (χ1n) is 6.27. The lowest BCUT2D eigenvalue weighted by Gasteiger charge is -2.20. The summed E-state index contributed by atoms with van der Waals surface area (Å²) in [5.74, 6) is -0.994. The van der Waals surface area contributed by atoms with Crippen LogP contribution in [0.2, 0.25) is 0 Å². The summed E-state index contributed by atoms with van der Waals surface area (Å²) in [6.45, 7) is 3.69. The Morgan fingerprint density at radius 2 is 2.21 bits per heavy atom. The van der Waals surface area contributed by atoms with E-state index < -0.39 is 5.97 Å². The summed E-state index contributed by atoms with van der Waals surface area (Å²) in [6.07, 6.45) is 2.00. The van der Waals surface area contributed by atoms with Crippen molar-refractivity contribution in [3.63, 3.8) is 0 Å². The number of carboxylic acid groups (broad SMARTS) is 1. The van der Waals surface area contributed by atoms with Gasteiger partial charge in [-0.25, -0.2) is 0 Å². The number of aliphatic carboxylic acids is 1. The van der Waals surface area contributed by atoms with Gasteiger partial charge in [0.15, 0.2) is 5.76 Å². The average Bonchev–Trinajstić information content (AvgIpc) is 2.90. The smallest absolute Gasteiger partial charge is 0.305 e. The average molecular weight is 269 g/mol. The van der Waals surface area contributed by atoms with Crippen LogP contribution in [0.4, 0.5) is 0 Å². The number of nitrogens with zero attached hydrogens (tertiary/aromatic N) is 1. The van der Waals surface area contributed by atoms with Crippen molar-refractivity contribution in [2.45, 2.75) is 19.8 Å². The quantitative estimate of drug-likeness (QED) is 0.689. The second-order valence-electron chi connectivity index (χ2n) is 3.96. The Balaban J connectivity index is 2.52. The maximum atomic E-state index is 12.1. The van der Waals surface area contributed by atoms with Gasteiger partial charge in [0.25, 0.3) is 5.91 Å². The SMILES string of the molecule is CCOCCCN(CCC(=O)O)C(=O)c1ccco1. The van der Waals surface area contributed by atoms with Crippen LogP contribution in [0.3, 0.4) is 0 Å². The van der Waals surface area contributed by atoms with Crippen LogP contribution in [-0.4, -0.2) is 48.2 Å². The minimum atomic E-state index is -0.929. The lowest BCUT2D eigenvalue weighted by Crippen LogP contribution is -2.34. The molecule has 0 atom stereocenters. The van der Waals surface area contributed by atoms with E-state index in [-0.39, 0.29) is 24.6 Å². The second-order valence-corrected chi connectivity index (χ2v) is 3.96. The van der Waals surface area contributed by atoms with E-state index >= 15 is 0 Å². The summed E-state index contributed by atoms with van der Waals surface area (Å²) in [5.41, 5.74) is 0. The van der Waals surface area contributed by atoms with Gasteiger partial charge >= 0.3 is 5.97 Å². The van der Waals surface area contributed by atoms with Gasteiger partial charge in [0.05, 0.1) is 12.7 Å². The molecule has 1 N–H and O–H groups in total. The first-order valence-corrected chi connectivity index (χ1v) is 6.27. The van der Waals surface area contributed by atoms with Gasteiger partial charge in [-0.3, -0.25) is 9.59 Å². The van der Waals surface area contributed by atoms with E-state index in [1.54, 1.807) is 12.1 Å². The fourth-order valence-electron chi connectivity index (χ4n) is 1.60. The van der Waals surface area contributed by atoms with Crippen molar-refractivity contribution in [1.29, 1.82) is 0 Å². The predicted molar refractivity (Wildman–Crippen MR) is 68.0 cm³/mol. The fourth-order valence-corrected chi connectivity index (χ4v) is 1.60. The fraction of sp³-hybridized carbons (Fsp3) is 0.538. The molecule has 0 aliphatic carbocycles. The third-order valence-corrected chi connectivity index (χ3v) is 2.54. The number of carbonyl (C=O) groups excluding carboxylic acids is 1. The van der Waals surface area contributed by atoms with Gasteiger partial charge in [-0.15, -0.1) is 0 Å². The van der Waals surface area contributed by atoms with Crippen molar-refractivity contribution in [1.82, 2.24) is 4.90 Å². The number of amides is 1. The molecule has 6 heteroatoms. The zero-order chi connectivity index (χ0) is 14.1. The van der Waals surface area contributed by atoms with Gasteiger partial charge in [0, 0.05) is 26.3 Å². The van der Waals surface area contributed by atoms with Crippen LogP contribution in [0.1, 0.15) is 30.3 Å². The molecule has 0 radical (unpaired) electrons. The highest BCUT2D eigenvalue weighted by Gasteiger charge is 2.18. The Morgan fingerprint density at radius 3 is 2.79 bits per heavy atom. The molecule has 0 bridgehead atoms. The van der Waals surface area contributed by atoms with Gasteiger partial charge in [-0.2, -0.15) is 0 Å². The summed E-state index contributed by atoms with van der Waals surface area (Å²) in [6, 6.07) is 3.20. The third-order valence-electron chi connectivity index (χ3n) is 2.54. The maximum Gasteiger partial charge on any atom is 0.305 e. The van der Waals surface area contributed by atoms with Gasteiger partial charge in [-0.1, -0.05) is 0 Å². The summed E-state index contributed by atoms with van der Waals surface area (Å²) >= 11 is 0. The number of carboxylic acids is 1. The molecule has 19 heavy (non-hydrogen) atoms. The monoisotopic (exact) mass is 269 g/mol. The Bertz CT molecular complexity index is 388. The maximum absolute atomic E-state index is 12.1. The Morgan fingerprint density at radius 1 is 1.42 bits per heavy atom. The van der Waals surface area contributed by atoms with Gasteiger partial charge in [0.2, 0.25) is 0 Å². The molecule has 1 rings (SSSR count). The van der Waals surface area contributed by atoms with Crippen molar-refractivity contribution in [3.8, 4) is 0 Å². The van der Waals surface area contributed by atoms with Crippen LogP contribution in [0.15, 0.2) is 22.8 Å². The number of rotatable bonds is 9. The molecular formula is C13H19NO5. The van der Waals surface area contributed by atoms with E-state index in [1.807, 2.05) is 6.92 Å². The molecule has 6 nitrogen and oxygen atoms in total. The molecule has 0 fully saturated rings. The van der Waals surface area contributed by atoms with Crippen LogP contribution in [0, 0.1) is 0 Å². The highest BCUT2D eigenvalue weighted by atomic mass is 16.5. The Kier molecular flexibility index (Phi) is 6.67. The van der Waals surface area contributed by atoms with Crippen LogP contribution in [0.5, 0.6) is 0 Å². The molecule has 0 spiro atoms. The zero-order valence-electron chi connectivity index (χ0n) is 11.0. The summed E-state index contributed by atoms with van der Waals surface area (Å²) in [7, 11) is 0. The lowest BCUT2D eigenvalue weighted by molar-refractivity contribution is -0.137.